The van der Waals surface area contributed by atoms with Crippen molar-refractivity contribution in [2.24, 2.45) is 7.05 Å². The number of rotatable bonds is 3. The molecule has 5 nitrogen and oxygen atoms in total. The molecule has 0 aliphatic heterocycles. The van der Waals surface area contributed by atoms with Crippen LogP contribution in [0, 0.1) is 10.5 Å². The summed E-state index contributed by atoms with van der Waals surface area (Å²) in [6.07, 6.45) is 0.801. The van der Waals surface area contributed by atoms with Gasteiger partial charge in [-0.15, -0.1) is 0 Å². The zero-order valence-electron chi connectivity index (χ0n) is 11.2. The second-order valence-electron chi connectivity index (χ2n) is 4.05. The summed E-state index contributed by atoms with van der Waals surface area (Å²) < 4.78 is 7.94. The third kappa shape index (κ3) is 2.55. The third-order valence-electron chi connectivity index (χ3n) is 2.80. The predicted molar refractivity (Wildman–Crippen MR) is 82.6 cm³/mol. The first-order valence-corrected chi connectivity index (χ1v) is 7.25. The maximum Gasteiger partial charge on any atom is 0.222 e. The molecule has 0 aliphatic carbocycles. The van der Waals surface area contributed by atoms with Crippen molar-refractivity contribution >= 4 is 34.2 Å². The minimum absolute atomic E-state index is 0.466. The highest BCUT2D eigenvalue weighted by Crippen LogP contribution is 2.32. The number of hydrogen-bond acceptors (Lipinski definition) is 4. The Hall–Kier alpha value is -0.890. The van der Waals surface area contributed by atoms with Crippen molar-refractivity contribution in [2.75, 3.05) is 7.11 Å². The molecular formula is C12H14ClIN4O. The molecule has 0 N–H and O–H groups in total. The van der Waals surface area contributed by atoms with Gasteiger partial charge in [-0.05, 0) is 35.9 Å². The standard InChI is InChI=1S/C12H14ClIN4O/c1-5-7-9(14)10(13)16-11(15-7)8-6(2)17-18(3)12(8)19-4/h5H2,1-4H3. The Labute approximate surface area is 130 Å². The number of nitrogens with zero attached hydrogens (tertiary/aromatic N) is 4. The smallest absolute Gasteiger partial charge is 0.222 e. The molecule has 0 unspecified atom stereocenters. The Morgan fingerprint density at radius 1 is 1.37 bits per heavy atom. The van der Waals surface area contributed by atoms with Crippen LogP contribution in [0.3, 0.4) is 0 Å². The maximum atomic E-state index is 6.18. The van der Waals surface area contributed by atoms with Crippen LogP contribution in [-0.4, -0.2) is 26.9 Å². The highest BCUT2D eigenvalue weighted by atomic mass is 127. The second-order valence-corrected chi connectivity index (χ2v) is 5.48. The lowest BCUT2D eigenvalue weighted by atomic mass is 10.2. The van der Waals surface area contributed by atoms with E-state index in [9.17, 15) is 0 Å². The van der Waals surface area contributed by atoms with E-state index in [1.165, 1.54) is 0 Å². The van der Waals surface area contributed by atoms with Crippen LogP contribution in [0.4, 0.5) is 0 Å². The Morgan fingerprint density at radius 2 is 2.05 bits per heavy atom. The van der Waals surface area contributed by atoms with E-state index in [1.54, 1.807) is 11.8 Å². The lowest BCUT2D eigenvalue weighted by Gasteiger charge is -2.08. The predicted octanol–water partition coefficient (Wildman–Crippen LogP) is 3.01. The molecule has 19 heavy (non-hydrogen) atoms. The summed E-state index contributed by atoms with van der Waals surface area (Å²) in [6.45, 7) is 3.94. The summed E-state index contributed by atoms with van der Waals surface area (Å²) in [6, 6.07) is 0. The largest absolute Gasteiger partial charge is 0.481 e. The number of aromatic nitrogens is 4. The number of aryl methyl sites for hydroxylation is 3. The molecule has 0 radical (unpaired) electrons. The fourth-order valence-electron chi connectivity index (χ4n) is 1.94. The summed E-state index contributed by atoms with van der Waals surface area (Å²) in [5, 5.41) is 4.80. The molecule has 0 bridgehead atoms. The molecule has 2 rings (SSSR count). The summed E-state index contributed by atoms with van der Waals surface area (Å²) in [5.74, 6) is 1.20. The lowest BCUT2D eigenvalue weighted by Crippen LogP contribution is -2.01. The van der Waals surface area contributed by atoms with Crippen molar-refractivity contribution < 1.29 is 4.74 Å². The van der Waals surface area contributed by atoms with Crippen molar-refractivity contribution in [1.82, 2.24) is 19.7 Å². The van der Waals surface area contributed by atoms with Crippen molar-refractivity contribution in [3.05, 3.63) is 20.1 Å². The van der Waals surface area contributed by atoms with Gasteiger partial charge in [-0.1, -0.05) is 18.5 Å². The Kier molecular flexibility index (Phi) is 4.29. The average Bonchev–Trinajstić information content (AvgIpc) is 2.66. The van der Waals surface area contributed by atoms with Gasteiger partial charge in [0.05, 0.1) is 22.1 Å². The van der Waals surface area contributed by atoms with Crippen molar-refractivity contribution in [3.8, 4) is 17.3 Å². The van der Waals surface area contributed by atoms with Gasteiger partial charge in [-0.3, -0.25) is 0 Å². The van der Waals surface area contributed by atoms with E-state index >= 15 is 0 Å². The lowest BCUT2D eigenvalue weighted by molar-refractivity contribution is 0.374. The first-order valence-electron chi connectivity index (χ1n) is 5.79. The molecule has 0 aromatic carbocycles. The van der Waals surface area contributed by atoms with E-state index in [4.69, 9.17) is 16.3 Å². The van der Waals surface area contributed by atoms with Gasteiger partial charge in [0.2, 0.25) is 5.88 Å². The minimum atomic E-state index is 0.466. The molecule has 102 valence electrons. The van der Waals surface area contributed by atoms with Crippen LogP contribution in [-0.2, 0) is 13.5 Å². The molecule has 0 amide bonds. The molecule has 0 spiro atoms. The van der Waals surface area contributed by atoms with Gasteiger partial charge < -0.3 is 4.74 Å². The van der Waals surface area contributed by atoms with Crippen LogP contribution >= 0.6 is 34.2 Å². The fraction of sp³-hybridized carbons (Fsp3) is 0.417. The topological polar surface area (TPSA) is 52.8 Å². The average molecular weight is 393 g/mol. The summed E-state index contributed by atoms with van der Waals surface area (Å²) in [4.78, 5) is 8.92. The molecule has 0 fully saturated rings. The van der Waals surface area contributed by atoms with Gasteiger partial charge in [-0.2, -0.15) is 5.10 Å². The number of ether oxygens (including phenoxy) is 1. The van der Waals surface area contributed by atoms with Gasteiger partial charge in [0.25, 0.3) is 0 Å². The molecule has 2 aromatic rings. The van der Waals surface area contributed by atoms with Crippen LogP contribution in [0.15, 0.2) is 0 Å². The van der Waals surface area contributed by atoms with E-state index < -0.39 is 0 Å². The molecule has 0 saturated carbocycles. The van der Waals surface area contributed by atoms with Crippen molar-refractivity contribution in [2.45, 2.75) is 20.3 Å². The molecule has 0 atom stereocenters. The maximum absolute atomic E-state index is 6.18. The van der Waals surface area contributed by atoms with E-state index in [-0.39, 0.29) is 0 Å². The normalized spacial score (nSPS) is 10.8. The van der Waals surface area contributed by atoms with Crippen molar-refractivity contribution in [1.29, 1.82) is 0 Å². The number of hydrogen-bond donors (Lipinski definition) is 0. The Morgan fingerprint density at radius 3 is 2.63 bits per heavy atom. The quantitative estimate of drug-likeness (QED) is 0.595. The van der Waals surface area contributed by atoms with E-state index in [2.05, 4.69) is 37.7 Å². The zero-order valence-corrected chi connectivity index (χ0v) is 14.1. The first kappa shape index (κ1) is 14.5. The van der Waals surface area contributed by atoms with E-state index in [0.29, 0.717) is 16.9 Å². The Balaban J connectivity index is 2.69. The molecule has 0 saturated heterocycles. The highest BCUT2D eigenvalue weighted by Gasteiger charge is 2.20. The third-order valence-corrected chi connectivity index (χ3v) is 4.53. The first-order chi connectivity index (χ1) is 8.99. The van der Waals surface area contributed by atoms with Gasteiger partial charge >= 0.3 is 0 Å². The summed E-state index contributed by atoms with van der Waals surface area (Å²) in [7, 11) is 3.43. The number of methoxy groups -OCH3 is 1. The van der Waals surface area contributed by atoms with Crippen LogP contribution in [0.5, 0.6) is 5.88 Å². The zero-order chi connectivity index (χ0) is 14.2. The Bertz CT molecular complexity index is 627. The minimum Gasteiger partial charge on any atom is -0.481 e. The SMILES string of the molecule is CCc1nc(-c2c(C)nn(C)c2OC)nc(Cl)c1I. The van der Waals surface area contributed by atoms with Gasteiger partial charge in [0.15, 0.2) is 5.82 Å². The van der Waals surface area contributed by atoms with E-state index in [1.807, 2.05) is 20.9 Å². The molecule has 2 aromatic heterocycles. The van der Waals surface area contributed by atoms with Gasteiger partial charge in [-0.25, -0.2) is 14.6 Å². The van der Waals surface area contributed by atoms with Gasteiger partial charge in [0.1, 0.15) is 10.7 Å². The molecule has 7 heteroatoms. The van der Waals surface area contributed by atoms with Crippen molar-refractivity contribution in [3.63, 3.8) is 0 Å². The molecule has 0 aliphatic rings. The van der Waals surface area contributed by atoms with Crippen LogP contribution in [0.25, 0.3) is 11.4 Å². The van der Waals surface area contributed by atoms with E-state index in [0.717, 1.165) is 26.9 Å². The second kappa shape index (κ2) is 5.62. The fourth-order valence-corrected chi connectivity index (χ4v) is 2.75. The molecular weight excluding hydrogens is 379 g/mol. The van der Waals surface area contributed by atoms with Crippen LogP contribution in [0.1, 0.15) is 18.3 Å². The van der Waals surface area contributed by atoms with Crippen LogP contribution < -0.4 is 4.74 Å². The van der Waals surface area contributed by atoms with Crippen LogP contribution in [0.2, 0.25) is 5.15 Å². The number of halogens is 2. The monoisotopic (exact) mass is 392 g/mol. The van der Waals surface area contributed by atoms with Gasteiger partial charge in [0, 0.05) is 7.05 Å². The summed E-state index contributed by atoms with van der Waals surface area (Å²) >= 11 is 8.34. The summed E-state index contributed by atoms with van der Waals surface area (Å²) in [5.41, 5.74) is 2.54. The highest BCUT2D eigenvalue weighted by molar-refractivity contribution is 14.1. The molecule has 2 heterocycles.